The fourth-order valence-electron chi connectivity index (χ4n) is 3.14. The lowest BCUT2D eigenvalue weighted by Crippen LogP contribution is -2.06. The summed E-state index contributed by atoms with van der Waals surface area (Å²) in [5, 5.41) is 20.3. The summed E-state index contributed by atoms with van der Waals surface area (Å²) in [6.45, 7) is 0. The van der Waals surface area contributed by atoms with Crippen molar-refractivity contribution in [2.45, 2.75) is 18.8 Å². The average molecular weight is 308 g/mol. The van der Waals surface area contributed by atoms with Crippen molar-refractivity contribution in [3.63, 3.8) is 0 Å². The monoisotopic (exact) mass is 308 g/mol. The number of benzene rings is 1. The molecule has 2 aromatic rings. The summed E-state index contributed by atoms with van der Waals surface area (Å²) in [5.74, 6) is -1.82. The third-order valence-electron chi connectivity index (χ3n) is 4.11. The normalized spacial score (nSPS) is 20.7. The summed E-state index contributed by atoms with van der Waals surface area (Å²) < 4.78 is 28.2. The van der Waals surface area contributed by atoms with E-state index in [9.17, 15) is 18.7 Å². The maximum Gasteiger partial charge on any atom is 0.356 e. The first-order valence-electron chi connectivity index (χ1n) is 6.81. The molecule has 0 bridgehead atoms. The number of halogens is 2. The molecule has 5 nitrogen and oxygen atoms in total. The number of aliphatic hydroxyl groups is 1. The van der Waals surface area contributed by atoms with Gasteiger partial charge in [0.1, 0.15) is 11.5 Å². The van der Waals surface area contributed by atoms with E-state index < -0.39 is 17.6 Å². The Bertz CT molecular complexity index is 757. The highest BCUT2D eigenvalue weighted by Gasteiger charge is 2.50. The molecular formula is C15H14F2N2O3. The molecule has 7 heteroatoms. The summed E-state index contributed by atoms with van der Waals surface area (Å²) >= 11 is 0. The summed E-state index contributed by atoms with van der Waals surface area (Å²) in [5.41, 5.74) is 1.56. The smallest absolute Gasteiger partial charge is 0.356 e. The fourth-order valence-corrected chi connectivity index (χ4v) is 3.14. The van der Waals surface area contributed by atoms with Gasteiger partial charge in [-0.25, -0.2) is 18.3 Å². The van der Waals surface area contributed by atoms with E-state index in [0.29, 0.717) is 12.3 Å². The Balaban J connectivity index is 0.000000693. The van der Waals surface area contributed by atoms with Crippen molar-refractivity contribution in [3.05, 3.63) is 46.8 Å². The molecule has 116 valence electrons. The molecule has 1 aromatic carbocycles. The fraction of sp³-hybridized carbons (Fsp3) is 0.333. The average Bonchev–Trinajstić information content (AvgIpc) is 2.99. The van der Waals surface area contributed by atoms with Crippen LogP contribution >= 0.6 is 0 Å². The van der Waals surface area contributed by atoms with Gasteiger partial charge < -0.3 is 10.2 Å². The molecule has 1 fully saturated rings. The zero-order chi connectivity index (χ0) is 16.0. The number of rotatable bonds is 2. The van der Waals surface area contributed by atoms with Crippen molar-refractivity contribution < 1.29 is 23.8 Å². The Hall–Kier alpha value is -2.28. The number of carboxylic acid groups (broad SMARTS) is 1. The predicted molar refractivity (Wildman–Crippen MR) is 73.1 cm³/mol. The van der Waals surface area contributed by atoms with E-state index in [0.717, 1.165) is 36.9 Å². The van der Waals surface area contributed by atoms with Crippen molar-refractivity contribution in [1.29, 1.82) is 0 Å². The van der Waals surface area contributed by atoms with Crippen molar-refractivity contribution in [2.75, 3.05) is 7.11 Å². The first-order valence-corrected chi connectivity index (χ1v) is 6.81. The van der Waals surface area contributed by atoms with Gasteiger partial charge in [-0.3, -0.25) is 0 Å². The highest BCUT2D eigenvalue weighted by molar-refractivity contribution is 5.88. The Morgan fingerprint density at radius 1 is 1.36 bits per heavy atom. The molecule has 0 saturated heterocycles. The van der Waals surface area contributed by atoms with Crippen LogP contribution < -0.4 is 0 Å². The molecule has 1 heterocycles. The first kappa shape index (κ1) is 14.6. The number of aromatic nitrogens is 2. The lowest BCUT2D eigenvalue weighted by molar-refractivity contribution is 0.0688. The summed E-state index contributed by atoms with van der Waals surface area (Å²) in [6.07, 6.45) is 1.68. The van der Waals surface area contributed by atoms with Gasteiger partial charge >= 0.3 is 5.97 Å². The standard InChI is InChI=1S/C14H10F2N2O2.CH4O/c15-7-1-2-10(9(16)5-7)18-11-4-6-3-8(6)12(11)13(17-18)14(19)20;1-2/h1-2,5-6,8H,3-4H2,(H,19,20);2H,1H3. The minimum Gasteiger partial charge on any atom is -0.476 e. The molecule has 2 unspecified atom stereocenters. The van der Waals surface area contributed by atoms with Gasteiger partial charge in [0.2, 0.25) is 0 Å². The van der Waals surface area contributed by atoms with Crippen LogP contribution in [0.5, 0.6) is 0 Å². The second kappa shape index (κ2) is 5.17. The molecule has 22 heavy (non-hydrogen) atoms. The molecular weight excluding hydrogens is 294 g/mol. The highest BCUT2D eigenvalue weighted by Crippen LogP contribution is 2.57. The van der Waals surface area contributed by atoms with Crippen LogP contribution in [0.2, 0.25) is 0 Å². The summed E-state index contributed by atoms with van der Waals surface area (Å²) in [6, 6.07) is 3.20. The second-order valence-electron chi connectivity index (χ2n) is 5.33. The summed E-state index contributed by atoms with van der Waals surface area (Å²) in [4.78, 5) is 11.3. The van der Waals surface area contributed by atoms with Crippen LogP contribution in [-0.4, -0.2) is 33.1 Å². The summed E-state index contributed by atoms with van der Waals surface area (Å²) in [7, 11) is 1.00. The number of aliphatic hydroxyl groups excluding tert-OH is 1. The van der Waals surface area contributed by atoms with E-state index in [2.05, 4.69) is 5.10 Å². The SMILES string of the molecule is CO.O=C(O)c1nn(-c2ccc(F)cc2F)c2c1C1CC1C2. The first-order chi connectivity index (χ1) is 10.6. The maximum atomic E-state index is 13.9. The van der Waals surface area contributed by atoms with Gasteiger partial charge in [-0.1, -0.05) is 0 Å². The highest BCUT2D eigenvalue weighted by atomic mass is 19.1. The third kappa shape index (κ3) is 2.09. The van der Waals surface area contributed by atoms with E-state index in [4.69, 9.17) is 5.11 Å². The van der Waals surface area contributed by atoms with Crippen LogP contribution in [0, 0.1) is 17.6 Å². The number of hydrogen-bond acceptors (Lipinski definition) is 3. The second-order valence-corrected chi connectivity index (χ2v) is 5.33. The number of fused-ring (bicyclic) bond motifs is 3. The van der Waals surface area contributed by atoms with E-state index in [-0.39, 0.29) is 17.3 Å². The van der Waals surface area contributed by atoms with Crippen molar-refractivity contribution in [2.24, 2.45) is 5.92 Å². The predicted octanol–water partition coefficient (Wildman–Crippen LogP) is 2.12. The van der Waals surface area contributed by atoms with Crippen molar-refractivity contribution in [1.82, 2.24) is 9.78 Å². The van der Waals surface area contributed by atoms with Gasteiger partial charge in [0.25, 0.3) is 0 Å². The molecule has 2 aliphatic carbocycles. The maximum absolute atomic E-state index is 13.9. The third-order valence-corrected chi connectivity index (χ3v) is 4.11. The Morgan fingerprint density at radius 3 is 2.73 bits per heavy atom. The topological polar surface area (TPSA) is 75.3 Å². The van der Waals surface area contributed by atoms with Crippen LogP contribution in [0.4, 0.5) is 8.78 Å². The molecule has 2 aliphatic rings. The molecule has 4 rings (SSSR count). The van der Waals surface area contributed by atoms with Gasteiger partial charge in [-0.05, 0) is 36.8 Å². The number of aromatic carboxylic acids is 1. The van der Waals surface area contributed by atoms with E-state index >= 15 is 0 Å². The molecule has 1 saturated carbocycles. The van der Waals surface area contributed by atoms with E-state index in [1.165, 1.54) is 10.7 Å². The molecule has 0 amide bonds. The van der Waals surface area contributed by atoms with E-state index in [1.54, 1.807) is 0 Å². The van der Waals surface area contributed by atoms with Gasteiger partial charge in [0.05, 0.1) is 0 Å². The Labute approximate surface area is 124 Å². The van der Waals surface area contributed by atoms with Gasteiger partial charge in [0, 0.05) is 24.4 Å². The zero-order valence-corrected chi connectivity index (χ0v) is 11.8. The number of carboxylic acids is 1. The molecule has 0 radical (unpaired) electrons. The molecule has 0 aliphatic heterocycles. The van der Waals surface area contributed by atoms with Gasteiger partial charge in [-0.15, -0.1) is 0 Å². The lowest BCUT2D eigenvalue weighted by atomic mass is 10.1. The van der Waals surface area contributed by atoms with Crippen LogP contribution in [0.1, 0.15) is 34.1 Å². The Morgan fingerprint density at radius 2 is 2.09 bits per heavy atom. The van der Waals surface area contributed by atoms with Crippen LogP contribution in [0.3, 0.4) is 0 Å². The zero-order valence-electron chi connectivity index (χ0n) is 11.8. The number of nitrogens with zero attached hydrogens (tertiary/aromatic N) is 2. The van der Waals surface area contributed by atoms with Crippen LogP contribution in [0.15, 0.2) is 18.2 Å². The quantitative estimate of drug-likeness (QED) is 0.891. The minimum atomic E-state index is -1.10. The minimum absolute atomic E-state index is 0.00581. The van der Waals surface area contributed by atoms with E-state index in [1.807, 2.05) is 0 Å². The van der Waals surface area contributed by atoms with Gasteiger partial charge in [-0.2, -0.15) is 5.10 Å². The largest absolute Gasteiger partial charge is 0.476 e. The lowest BCUT2D eigenvalue weighted by Gasteiger charge is -2.07. The molecule has 2 atom stereocenters. The molecule has 1 aromatic heterocycles. The van der Waals surface area contributed by atoms with Crippen LogP contribution in [0.25, 0.3) is 5.69 Å². The van der Waals surface area contributed by atoms with Crippen molar-refractivity contribution in [3.8, 4) is 5.69 Å². The molecule has 0 spiro atoms. The van der Waals surface area contributed by atoms with Gasteiger partial charge in [0.15, 0.2) is 11.5 Å². The molecule has 2 N–H and O–H groups in total. The number of hydrogen-bond donors (Lipinski definition) is 2. The number of carbonyl (C=O) groups is 1. The van der Waals surface area contributed by atoms with Crippen LogP contribution in [-0.2, 0) is 6.42 Å². The van der Waals surface area contributed by atoms with Crippen molar-refractivity contribution >= 4 is 5.97 Å². The Kier molecular flexibility index (Phi) is 3.44.